The van der Waals surface area contributed by atoms with Gasteiger partial charge in [0.15, 0.2) is 0 Å². The van der Waals surface area contributed by atoms with Gasteiger partial charge in [-0.25, -0.2) is 0 Å². The molecule has 0 aromatic heterocycles. The van der Waals surface area contributed by atoms with Gasteiger partial charge in [-0.2, -0.15) is 15.7 Å². The number of hydrogen-bond donors (Lipinski definition) is 0. The quantitative estimate of drug-likeness (QED) is 0.250. The van der Waals surface area contributed by atoms with Crippen LogP contribution in [-0.4, -0.2) is 16.8 Å². The molecule has 8 rings (SSSR count). The van der Waals surface area contributed by atoms with E-state index in [2.05, 4.69) is 60.8 Å². The number of nitriles is 1. The van der Waals surface area contributed by atoms with Gasteiger partial charge in [0, 0.05) is 40.3 Å². The average molecular weight is 561 g/mol. The second-order valence-electron chi connectivity index (χ2n) is 13.9. The van der Waals surface area contributed by atoms with Gasteiger partial charge in [0.2, 0.25) is 0 Å². The van der Waals surface area contributed by atoms with E-state index in [1.165, 1.54) is 69.2 Å². The number of allylic oxidation sites excluding steroid dienone is 13. The summed E-state index contributed by atoms with van der Waals surface area (Å²) in [7, 11) is 0.150. The van der Waals surface area contributed by atoms with E-state index in [4.69, 9.17) is 10.9 Å². The molecule has 0 aromatic carbocycles. The maximum absolute atomic E-state index is 10.9. The summed E-state index contributed by atoms with van der Waals surface area (Å²) in [5.41, 5.74) is 7.66. The van der Waals surface area contributed by atoms with Gasteiger partial charge in [-0.3, -0.25) is 4.99 Å². The van der Waals surface area contributed by atoms with Crippen molar-refractivity contribution in [1.82, 2.24) is 0 Å². The third-order valence-electron chi connectivity index (χ3n) is 12.0. The Kier molecular flexibility index (Phi) is 6.83. The van der Waals surface area contributed by atoms with Crippen LogP contribution in [-0.2, 0) is 0 Å². The first-order valence-electron chi connectivity index (χ1n) is 16.5. The molecule has 0 N–H and O–H groups in total. The summed E-state index contributed by atoms with van der Waals surface area (Å²) in [6.45, 7) is 0. The first kappa shape index (κ1) is 26.2. The van der Waals surface area contributed by atoms with Crippen molar-refractivity contribution in [2.45, 2.75) is 82.3 Å². The van der Waals surface area contributed by atoms with E-state index in [0.717, 1.165) is 19.3 Å². The molecule has 0 aromatic rings. The molecule has 2 heterocycles. The van der Waals surface area contributed by atoms with Crippen molar-refractivity contribution in [3.05, 3.63) is 82.0 Å². The molecule has 0 fully saturated rings. The van der Waals surface area contributed by atoms with Crippen LogP contribution in [0, 0.1) is 58.7 Å². The van der Waals surface area contributed by atoms with Gasteiger partial charge in [0.05, 0.1) is 12.0 Å². The van der Waals surface area contributed by atoms with E-state index >= 15 is 0 Å². The Morgan fingerprint density at radius 2 is 1.80 bits per heavy atom. The minimum atomic E-state index is -0.0978. The third-order valence-corrected chi connectivity index (χ3v) is 14.3. The largest absolute Gasteiger partial charge is 0.260 e. The van der Waals surface area contributed by atoms with Crippen LogP contribution in [0.15, 0.2) is 87.0 Å². The zero-order valence-electron chi connectivity index (χ0n) is 24.4. The molecule has 41 heavy (non-hydrogen) atoms. The van der Waals surface area contributed by atoms with Crippen molar-refractivity contribution in [3.63, 3.8) is 0 Å². The Labute approximate surface area is 249 Å². The minimum Gasteiger partial charge on any atom is -0.260 e. The maximum atomic E-state index is 10.9. The lowest BCUT2D eigenvalue weighted by molar-refractivity contribution is 0.314. The number of fused-ring (bicyclic) bond motifs is 4. The standard InChI is InChI=1S/C38H44N2S/c1-41-35-19-11-10-17-27(35)31-20-32-30(22-36(31)41)26-16-8-9-18-28(26)37(32)38-33(23-39)29(24-12-4-2-5-13-24)21-34(40-38)25-14-6-3-7-15-25/h2,4,6,8-10,14,17,21,24-26,28-29,31,33,36-37H,1,3,5,7,11-13,15-16,18-20,22H2. The first-order valence-corrected chi connectivity index (χ1v) is 18.0. The van der Waals surface area contributed by atoms with Crippen molar-refractivity contribution < 1.29 is 0 Å². The molecule has 0 radical (unpaired) electrons. The van der Waals surface area contributed by atoms with Gasteiger partial charge in [-0.1, -0.05) is 71.7 Å². The highest BCUT2D eigenvalue weighted by Gasteiger charge is 2.53. The molecule has 0 saturated heterocycles. The molecule has 0 bridgehead atoms. The molecule has 6 aliphatic carbocycles. The summed E-state index contributed by atoms with van der Waals surface area (Å²) in [5, 5.41) is 11.6. The summed E-state index contributed by atoms with van der Waals surface area (Å²) in [6.07, 6.45) is 36.0. The molecule has 212 valence electrons. The molecular weight excluding hydrogens is 516 g/mol. The van der Waals surface area contributed by atoms with Crippen LogP contribution in [0.1, 0.15) is 77.0 Å². The van der Waals surface area contributed by atoms with E-state index in [-0.39, 0.29) is 22.3 Å². The average Bonchev–Trinajstić information content (AvgIpc) is 3.51. The summed E-state index contributed by atoms with van der Waals surface area (Å²) in [5.74, 6) is 8.12. The first-order chi connectivity index (χ1) is 20.2. The lowest BCUT2D eigenvalue weighted by Gasteiger charge is -2.39. The highest BCUT2D eigenvalue weighted by atomic mass is 32.2. The van der Waals surface area contributed by atoms with Gasteiger partial charge in [0.25, 0.3) is 0 Å². The fourth-order valence-electron chi connectivity index (χ4n) is 10.0. The Morgan fingerprint density at radius 3 is 2.63 bits per heavy atom. The van der Waals surface area contributed by atoms with Crippen molar-refractivity contribution in [2.24, 2.45) is 52.3 Å². The molecule has 0 amide bonds. The zero-order chi connectivity index (χ0) is 27.5. The van der Waals surface area contributed by atoms with Crippen LogP contribution >= 0.6 is 10.5 Å². The second kappa shape index (κ2) is 10.7. The van der Waals surface area contributed by atoms with E-state index in [9.17, 15) is 5.26 Å². The predicted molar refractivity (Wildman–Crippen MR) is 174 cm³/mol. The highest BCUT2D eigenvalue weighted by molar-refractivity contribution is 8.18. The van der Waals surface area contributed by atoms with Crippen molar-refractivity contribution >= 4 is 22.1 Å². The van der Waals surface area contributed by atoms with Crippen LogP contribution in [0.25, 0.3) is 0 Å². The Morgan fingerprint density at radius 1 is 0.902 bits per heavy atom. The fourth-order valence-corrected chi connectivity index (χ4v) is 12.3. The van der Waals surface area contributed by atoms with Gasteiger partial charge in [-0.15, -0.1) is 0 Å². The Hall–Kier alpha value is -2.44. The van der Waals surface area contributed by atoms with Crippen LogP contribution in [0.2, 0.25) is 0 Å². The van der Waals surface area contributed by atoms with Crippen LogP contribution in [0.4, 0.5) is 0 Å². The number of nitrogens with zero attached hydrogens (tertiary/aromatic N) is 2. The fraction of sp³-hybridized carbons (Fsp3) is 0.553. The smallest absolute Gasteiger partial charge is 0.0917 e. The molecule has 2 aliphatic heterocycles. The monoisotopic (exact) mass is 560 g/mol. The van der Waals surface area contributed by atoms with Crippen molar-refractivity contribution in [1.29, 1.82) is 5.26 Å². The SMILES string of the molecule is C=S1C2=C(C=CCC2)C2CC3=C(CC21)C1CC=CCC1C3C1=NC(C2C=CCCC2)=CC(C2CC=CCC2)C1C#N. The predicted octanol–water partition coefficient (Wildman–Crippen LogP) is 9.40. The molecule has 10 atom stereocenters. The maximum Gasteiger partial charge on any atom is 0.0917 e. The summed E-state index contributed by atoms with van der Waals surface area (Å²) < 4.78 is 0. The van der Waals surface area contributed by atoms with Crippen molar-refractivity contribution in [2.75, 3.05) is 0 Å². The van der Waals surface area contributed by atoms with Gasteiger partial charge < -0.3 is 0 Å². The summed E-state index contributed by atoms with van der Waals surface area (Å²) in [4.78, 5) is 7.33. The topological polar surface area (TPSA) is 36.1 Å². The third kappa shape index (κ3) is 4.26. The lowest BCUT2D eigenvalue weighted by atomic mass is 9.66. The van der Waals surface area contributed by atoms with Crippen molar-refractivity contribution in [3.8, 4) is 6.07 Å². The molecule has 0 saturated carbocycles. The highest BCUT2D eigenvalue weighted by Crippen LogP contribution is 2.63. The lowest BCUT2D eigenvalue weighted by Crippen LogP contribution is -2.39. The van der Waals surface area contributed by atoms with E-state index in [0.29, 0.717) is 40.8 Å². The van der Waals surface area contributed by atoms with Gasteiger partial charge >= 0.3 is 0 Å². The number of hydrogen-bond acceptors (Lipinski definition) is 2. The van der Waals surface area contributed by atoms with E-state index in [1.54, 1.807) is 21.6 Å². The van der Waals surface area contributed by atoms with Crippen LogP contribution in [0.5, 0.6) is 0 Å². The van der Waals surface area contributed by atoms with E-state index < -0.39 is 0 Å². The molecule has 3 heteroatoms. The summed E-state index contributed by atoms with van der Waals surface area (Å²) in [6, 6.07) is 2.90. The molecule has 8 aliphatic rings. The minimum absolute atomic E-state index is 0.0978. The molecule has 2 nitrogen and oxygen atoms in total. The molecule has 0 spiro atoms. The van der Waals surface area contributed by atoms with Crippen LogP contribution < -0.4 is 0 Å². The van der Waals surface area contributed by atoms with Crippen LogP contribution in [0.3, 0.4) is 0 Å². The molecular formula is C38H44N2S. The molecule has 10 unspecified atom stereocenters. The van der Waals surface area contributed by atoms with Gasteiger partial charge in [-0.05, 0) is 105 Å². The van der Waals surface area contributed by atoms with E-state index in [1.807, 2.05) is 0 Å². The normalized spacial score (nSPS) is 42.7. The summed E-state index contributed by atoms with van der Waals surface area (Å²) >= 11 is 0. The zero-order valence-corrected chi connectivity index (χ0v) is 25.2. The van der Waals surface area contributed by atoms with Gasteiger partial charge in [0.1, 0.15) is 0 Å². The second-order valence-corrected chi connectivity index (χ2v) is 15.8. The Bertz CT molecular complexity index is 1440. The Balaban J connectivity index is 1.23. The number of rotatable bonds is 3. The number of aliphatic imine (C=N–C) groups is 1.